The number of benzene rings is 1. The number of nitrogens with zero attached hydrogens (tertiary/aromatic N) is 1. The summed E-state index contributed by atoms with van der Waals surface area (Å²) in [6, 6.07) is 7.55. The fourth-order valence-corrected chi connectivity index (χ4v) is 1.84. The second-order valence-electron chi connectivity index (χ2n) is 4.58. The van der Waals surface area contributed by atoms with Gasteiger partial charge in [-0.25, -0.2) is 0 Å². The lowest BCUT2D eigenvalue weighted by Gasteiger charge is -2.29. The van der Waals surface area contributed by atoms with E-state index in [1.807, 2.05) is 32.0 Å². The van der Waals surface area contributed by atoms with Gasteiger partial charge < -0.3 is 10.6 Å². The first kappa shape index (κ1) is 12.6. The molecule has 96 valence electrons. The zero-order valence-electron chi connectivity index (χ0n) is 10.6. The lowest BCUT2D eigenvalue weighted by atomic mass is 10.2. The van der Waals surface area contributed by atoms with Crippen molar-refractivity contribution in [3.05, 3.63) is 24.3 Å². The highest BCUT2D eigenvalue weighted by Crippen LogP contribution is 2.28. The molecule has 0 spiro atoms. The van der Waals surface area contributed by atoms with Gasteiger partial charge in [-0.3, -0.25) is 14.5 Å². The van der Waals surface area contributed by atoms with Crippen molar-refractivity contribution in [1.82, 2.24) is 5.32 Å². The maximum atomic E-state index is 12.1. The summed E-state index contributed by atoms with van der Waals surface area (Å²) in [5.41, 5.74) is 1.44. The predicted octanol–water partition coefficient (Wildman–Crippen LogP) is 0.970. The van der Waals surface area contributed by atoms with Crippen LogP contribution in [0.5, 0.6) is 0 Å². The number of para-hydroxylation sites is 2. The van der Waals surface area contributed by atoms with Crippen LogP contribution < -0.4 is 15.5 Å². The van der Waals surface area contributed by atoms with Gasteiger partial charge in [0.05, 0.1) is 17.9 Å². The topological polar surface area (TPSA) is 61.4 Å². The maximum absolute atomic E-state index is 12.1. The summed E-state index contributed by atoms with van der Waals surface area (Å²) in [6.45, 7) is 4.27. The molecular weight excluding hydrogens is 230 g/mol. The predicted molar refractivity (Wildman–Crippen MR) is 70.6 cm³/mol. The van der Waals surface area contributed by atoms with Gasteiger partial charge in [-0.15, -0.1) is 0 Å². The van der Waals surface area contributed by atoms with E-state index in [9.17, 15) is 9.59 Å². The molecule has 18 heavy (non-hydrogen) atoms. The minimum atomic E-state index is -0.161. The van der Waals surface area contributed by atoms with E-state index in [2.05, 4.69) is 10.6 Å². The second kappa shape index (κ2) is 5.18. The Hall–Kier alpha value is -1.88. The largest absolute Gasteiger partial charge is 0.323 e. The standard InChI is InChI=1S/C13H17N3O2/c1-9(2)14-7-13(18)16-8-12(17)15-10-5-3-4-6-11(10)16/h3-6,9,14H,7-8H2,1-2H3,(H,15,17). The molecule has 1 aliphatic rings. The highest BCUT2D eigenvalue weighted by atomic mass is 16.2. The SMILES string of the molecule is CC(C)NCC(=O)N1CC(=O)Nc2ccccc21. The summed E-state index contributed by atoms with van der Waals surface area (Å²) in [6.07, 6.45) is 0. The molecular formula is C13H17N3O2. The van der Waals surface area contributed by atoms with E-state index in [0.29, 0.717) is 5.69 Å². The molecule has 0 aliphatic carbocycles. The summed E-state index contributed by atoms with van der Waals surface area (Å²) in [4.78, 5) is 25.2. The molecule has 0 saturated heterocycles. The number of fused-ring (bicyclic) bond motifs is 1. The smallest absolute Gasteiger partial charge is 0.244 e. The van der Waals surface area contributed by atoms with E-state index in [1.54, 1.807) is 6.07 Å². The molecule has 0 unspecified atom stereocenters. The number of hydrogen-bond acceptors (Lipinski definition) is 3. The molecule has 1 heterocycles. The van der Waals surface area contributed by atoms with Crippen molar-refractivity contribution >= 4 is 23.2 Å². The van der Waals surface area contributed by atoms with Crippen LogP contribution in [0.2, 0.25) is 0 Å². The van der Waals surface area contributed by atoms with E-state index in [4.69, 9.17) is 0 Å². The molecule has 1 aromatic carbocycles. The molecule has 0 fully saturated rings. The average Bonchev–Trinajstić information content (AvgIpc) is 2.34. The van der Waals surface area contributed by atoms with Gasteiger partial charge >= 0.3 is 0 Å². The van der Waals surface area contributed by atoms with Crippen molar-refractivity contribution in [2.24, 2.45) is 0 Å². The molecule has 2 rings (SSSR count). The van der Waals surface area contributed by atoms with Crippen LogP contribution in [0, 0.1) is 0 Å². The Morgan fingerprint density at radius 3 is 2.89 bits per heavy atom. The molecule has 0 radical (unpaired) electrons. The van der Waals surface area contributed by atoms with E-state index in [0.717, 1.165) is 5.69 Å². The van der Waals surface area contributed by atoms with Crippen LogP contribution in [0.4, 0.5) is 11.4 Å². The molecule has 0 aromatic heterocycles. The number of rotatable bonds is 3. The first-order valence-electron chi connectivity index (χ1n) is 6.00. The Morgan fingerprint density at radius 2 is 2.17 bits per heavy atom. The second-order valence-corrected chi connectivity index (χ2v) is 4.58. The normalized spacial score (nSPS) is 14.4. The minimum Gasteiger partial charge on any atom is -0.323 e. The van der Waals surface area contributed by atoms with E-state index in [1.165, 1.54) is 4.90 Å². The van der Waals surface area contributed by atoms with Crippen LogP contribution in [0.1, 0.15) is 13.8 Å². The third-order valence-corrected chi connectivity index (χ3v) is 2.73. The first-order chi connectivity index (χ1) is 8.58. The summed E-state index contributed by atoms with van der Waals surface area (Å²) < 4.78 is 0. The number of nitrogens with one attached hydrogen (secondary N) is 2. The highest BCUT2D eigenvalue weighted by molar-refractivity contribution is 6.10. The summed E-state index contributed by atoms with van der Waals surface area (Å²) >= 11 is 0. The van der Waals surface area contributed by atoms with Crippen LogP contribution in [-0.4, -0.2) is 30.9 Å². The third kappa shape index (κ3) is 2.68. The van der Waals surface area contributed by atoms with Crippen LogP contribution in [-0.2, 0) is 9.59 Å². The van der Waals surface area contributed by atoms with Crippen molar-refractivity contribution in [1.29, 1.82) is 0 Å². The fourth-order valence-electron chi connectivity index (χ4n) is 1.84. The average molecular weight is 247 g/mol. The van der Waals surface area contributed by atoms with E-state index < -0.39 is 0 Å². The molecule has 0 atom stereocenters. The van der Waals surface area contributed by atoms with Crippen LogP contribution in [0.25, 0.3) is 0 Å². The van der Waals surface area contributed by atoms with Gasteiger partial charge in [-0.05, 0) is 12.1 Å². The fraction of sp³-hybridized carbons (Fsp3) is 0.385. The molecule has 5 nitrogen and oxygen atoms in total. The molecule has 1 aliphatic heterocycles. The van der Waals surface area contributed by atoms with Crippen LogP contribution >= 0.6 is 0 Å². The summed E-state index contributed by atoms with van der Waals surface area (Å²) in [7, 11) is 0. The van der Waals surface area contributed by atoms with Gasteiger partial charge in [-0.2, -0.15) is 0 Å². The van der Waals surface area contributed by atoms with Crippen molar-refractivity contribution in [2.75, 3.05) is 23.3 Å². The van der Waals surface area contributed by atoms with E-state index in [-0.39, 0.29) is 30.9 Å². The summed E-state index contributed by atoms with van der Waals surface area (Å²) in [5, 5.41) is 5.82. The zero-order valence-corrected chi connectivity index (χ0v) is 10.6. The molecule has 0 saturated carbocycles. The Balaban J connectivity index is 2.18. The molecule has 0 bridgehead atoms. The molecule has 2 amide bonds. The number of carbonyl (C=O) groups is 2. The van der Waals surface area contributed by atoms with Crippen molar-refractivity contribution in [3.8, 4) is 0 Å². The van der Waals surface area contributed by atoms with Crippen LogP contribution in [0.15, 0.2) is 24.3 Å². The molecule has 2 N–H and O–H groups in total. The Kier molecular flexibility index (Phi) is 3.62. The number of hydrogen-bond donors (Lipinski definition) is 2. The number of amides is 2. The Morgan fingerprint density at radius 1 is 1.44 bits per heavy atom. The van der Waals surface area contributed by atoms with Gasteiger partial charge in [0.1, 0.15) is 6.54 Å². The quantitative estimate of drug-likeness (QED) is 0.836. The monoisotopic (exact) mass is 247 g/mol. The van der Waals surface area contributed by atoms with Crippen molar-refractivity contribution < 1.29 is 9.59 Å². The van der Waals surface area contributed by atoms with Crippen LogP contribution in [0.3, 0.4) is 0 Å². The number of anilines is 2. The van der Waals surface area contributed by atoms with Gasteiger partial charge in [0.2, 0.25) is 11.8 Å². The van der Waals surface area contributed by atoms with Gasteiger partial charge in [0.15, 0.2) is 0 Å². The summed E-state index contributed by atoms with van der Waals surface area (Å²) in [5.74, 6) is -0.252. The van der Waals surface area contributed by atoms with Gasteiger partial charge in [0.25, 0.3) is 0 Å². The van der Waals surface area contributed by atoms with Crippen molar-refractivity contribution in [3.63, 3.8) is 0 Å². The lowest BCUT2D eigenvalue weighted by molar-refractivity contribution is -0.121. The molecule has 5 heteroatoms. The van der Waals surface area contributed by atoms with Gasteiger partial charge in [0, 0.05) is 6.04 Å². The maximum Gasteiger partial charge on any atom is 0.244 e. The molecule has 1 aromatic rings. The van der Waals surface area contributed by atoms with Crippen molar-refractivity contribution in [2.45, 2.75) is 19.9 Å². The minimum absolute atomic E-state index is 0.0790. The highest BCUT2D eigenvalue weighted by Gasteiger charge is 2.26. The first-order valence-corrected chi connectivity index (χ1v) is 6.00. The number of carbonyl (C=O) groups excluding carboxylic acids is 2. The Bertz CT molecular complexity index is 471. The third-order valence-electron chi connectivity index (χ3n) is 2.73. The van der Waals surface area contributed by atoms with E-state index >= 15 is 0 Å². The van der Waals surface area contributed by atoms with Gasteiger partial charge in [-0.1, -0.05) is 26.0 Å². The lowest BCUT2D eigenvalue weighted by Crippen LogP contribution is -2.46. The Labute approximate surface area is 106 Å². The zero-order chi connectivity index (χ0) is 13.1.